The second-order valence-electron chi connectivity index (χ2n) is 4.84. The van der Waals surface area contributed by atoms with Gasteiger partial charge in [-0.2, -0.15) is 4.68 Å². The summed E-state index contributed by atoms with van der Waals surface area (Å²) in [4.78, 5) is 20.2. The number of esters is 1. The minimum atomic E-state index is -0.431. The fraction of sp³-hybridized carbons (Fsp3) is 0.267. The largest absolute Gasteiger partial charge is 0.465 e. The van der Waals surface area contributed by atoms with Crippen molar-refractivity contribution < 1.29 is 13.9 Å². The van der Waals surface area contributed by atoms with E-state index >= 15 is 0 Å². The van der Waals surface area contributed by atoms with Crippen molar-refractivity contribution >= 4 is 28.9 Å². The number of carbonyl (C=O) groups is 1. The molecular weight excluding hydrogens is 333 g/mol. The van der Waals surface area contributed by atoms with E-state index in [0.717, 1.165) is 0 Å². The highest BCUT2D eigenvalue weighted by molar-refractivity contribution is 8.00. The lowest BCUT2D eigenvalue weighted by molar-refractivity contribution is -0.142. The van der Waals surface area contributed by atoms with Crippen LogP contribution in [0.25, 0.3) is 16.9 Å². The number of aromatic nitrogens is 5. The summed E-state index contributed by atoms with van der Waals surface area (Å²) in [5.41, 5.74) is 1.59. The van der Waals surface area contributed by atoms with Crippen molar-refractivity contribution in [3.8, 4) is 5.69 Å². The smallest absolute Gasteiger partial charge is 0.319 e. The highest BCUT2D eigenvalue weighted by Gasteiger charge is 2.20. The van der Waals surface area contributed by atoms with Crippen LogP contribution in [0.15, 0.2) is 35.6 Å². The Morgan fingerprint density at radius 2 is 2.08 bits per heavy atom. The van der Waals surface area contributed by atoms with Gasteiger partial charge in [0.25, 0.3) is 0 Å². The summed E-state index contributed by atoms with van der Waals surface area (Å²) in [6.07, 6.45) is 1.38. The molecule has 0 spiro atoms. The van der Waals surface area contributed by atoms with E-state index in [1.807, 2.05) is 0 Å². The Labute approximate surface area is 141 Å². The maximum absolute atomic E-state index is 13.1. The third-order valence-corrected chi connectivity index (χ3v) is 4.25. The molecule has 0 saturated heterocycles. The number of carbonyl (C=O) groups excluding carboxylic acids is 1. The first kappa shape index (κ1) is 16.3. The molecule has 2 heterocycles. The van der Waals surface area contributed by atoms with Gasteiger partial charge in [-0.1, -0.05) is 17.0 Å². The number of halogens is 1. The summed E-state index contributed by atoms with van der Waals surface area (Å²) in [5, 5.41) is 8.26. The zero-order chi connectivity index (χ0) is 17.1. The van der Waals surface area contributed by atoms with Crippen LogP contribution in [0.1, 0.15) is 13.8 Å². The normalized spacial score (nSPS) is 12.3. The van der Waals surface area contributed by atoms with Crippen LogP contribution in [0, 0.1) is 5.82 Å². The first-order valence-electron chi connectivity index (χ1n) is 7.25. The summed E-state index contributed by atoms with van der Waals surface area (Å²) < 4.78 is 19.6. The van der Waals surface area contributed by atoms with Gasteiger partial charge in [-0.25, -0.2) is 14.4 Å². The van der Waals surface area contributed by atoms with Crippen LogP contribution in [0.5, 0.6) is 0 Å². The predicted molar refractivity (Wildman–Crippen MR) is 86.4 cm³/mol. The Balaban J connectivity index is 1.94. The van der Waals surface area contributed by atoms with Crippen molar-refractivity contribution in [3.63, 3.8) is 0 Å². The summed E-state index contributed by atoms with van der Waals surface area (Å²) in [7, 11) is 0. The van der Waals surface area contributed by atoms with Crippen LogP contribution in [0.2, 0.25) is 0 Å². The van der Waals surface area contributed by atoms with Crippen molar-refractivity contribution in [2.24, 2.45) is 0 Å². The molecule has 0 N–H and O–H groups in total. The Hall–Kier alpha value is -2.55. The minimum absolute atomic E-state index is 0.319. The molecule has 1 atom stereocenters. The third-order valence-electron chi connectivity index (χ3n) is 3.18. The second kappa shape index (κ2) is 6.91. The molecule has 124 valence electrons. The number of benzene rings is 1. The summed E-state index contributed by atoms with van der Waals surface area (Å²) in [5.74, 6) is -0.655. The highest BCUT2D eigenvalue weighted by atomic mass is 32.2. The monoisotopic (exact) mass is 347 g/mol. The molecule has 0 fully saturated rings. The molecule has 0 aliphatic rings. The first-order valence-corrected chi connectivity index (χ1v) is 8.13. The van der Waals surface area contributed by atoms with E-state index in [1.165, 1.54) is 34.9 Å². The standard InChI is InChI=1S/C15H14FN5O2S/c1-3-23-15(22)9(2)24-14-12-13(17-8-18-14)21(20-19-12)11-6-4-10(16)5-7-11/h4-9H,3H2,1-2H3/t9-/m1/s1. The van der Waals surface area contributed by atoms with Gasteiger partial charge >= 0.3 is 5.97 Å². The van der Waals surface area contributed by atoms with E-state index in [0.29, 0.717) is 28.5 Å². The molecule has 0 aliphatic heterocycles. The van der Waals surface area contributed by atoms with Crippen LogP contribution in [-0.4, -0.2) is 42.8 Å². The predicted octanol–water partition coefficient (Wildman–Crippen LogP) is 2.39. The van der Waals surface area contributed by atoms with Gasteiger partial charge in [0.05, 0.1) is 12.3 Å². The number of rotatable bonds is 5. The summed E-state index contributed by atoms with van der Waals surface area (Å²) >= 11 is 1.23. The molecule has 0 unspecified atom stereocenters. The van der Waals surface area contributed by atoms with Gasteiger partial charge in [-0.15, -0.1) is 5.10 Å². The second-order valence-corrected chi connectivity index (χ2v) is 6.17. The van der Waals surface area contributed by atoms with Gasteiger partial charge in [0.1, 0.15) is 22.4 Å². The molecule has 7 nitrogen and oxygen atoms in total. The van der Waals surface area contributed by atoms with E-state index in [9.17, 15) is 9.18 Å². The zero-order valence-electron chi connectivity index (χ0n) is 13.0. The van der Waals surface area contributed by atoms with Crippen LogP contribution in [-0.2, 0) is 9.53 Å². The molecule has 24 heavy (non-hydrogen) atoms. The van der Waals surface area contributed by atoms with Crippen molar-refractivity contribution in [1.29, 1.82) is 0 Å². The number of hydrogen-bond donors (Lipinski definition) is 0. The topological polar surface area (TPSA) is 82.8 Å². The van der Waals surface area contributed by atoms with Gasteiger partial charge in [0.2, 0.25) is 0 Å². The van der Waals surface area contributed by atoms with E-state index in [1.54, 1.807) is 26.0 Å². The lowest BCUT2D eigenvalue weighted by Crippen LogP contribution is -2.16. The zero-order valence-corrected chi connectivity index (χ0v) is 13.8. The van der Waals surface area contributed by atoms with E-state index in [2.05, 4.69) is 20.3 Å². The number of ether oxygens (including phenoxy) is 1. The van der Waals surface area contributed by atoms with Crippen molar-refractivity contribution in [2.75, 3.05) is 6.61 Å². The summed E-state index contributed by atoms with van der Waals surface area (Å²) in [6, 6.07) is 5.84. The van der Waals surface area contributed by atoms with Crippen LogP contribution >= 0.6 is 11.8 Å². The average molecular weight is 347 g/mol. The molecule has 0 bridgehead atoms. The van der Waals surface area contributed by atoms with Gasteiger partial charge in [0.15, 0.2) is 11.2 Å². The lowest BCUT2D eigenvalue weighted by atomic mass is 10.3. The lowest BCUT2D eigenvalue weighted by Gasteiger charge is -2.09. The van der Waals surface area contributed by atoms with Crippen LogP contribution in [0.4, 0.5) is 4.39 Å². The molecule has 9 heteroatoms. The molecule has 0 aliphatic carbocycles. The maximum Gasteiger partial charge on any atom is 0.319 e. The van der Waals surface area contributed by atoms with Crippen LogP contribution < -0.4 is 0 Å². The molecule has 0 saturated carbocycles. The van der Waals surface area contributed by atoms with Crippen molar-refractivity contribution in [1.82, 2.24) is 25.0 Å². The molecular formula is C15H14FN5O2S. The maximum atomic E-state index is 13.1. The van der Waals surface area contributed by atoms with Gasteiger partial charge < -0.3 is 4.74 Å². The number of nitrogens with zero attached hydrogens (tertiary/aromatic N) is 5. The number of fused-ring (bicyclic) bond motifs is 1. The fourth-order valence-electron chi connectivity index (χ4n) is 2.05. The van der Waals surface area contributed by atoms with Gasteiger partial charge in [-0.3, -0.25) is 4.79 Å². The highest BCUT2D eigenvalue weighted by Crippen LogP contribution is 2.27. The van der Waals surface area contributed by atoms with E-state index in [4.69, 9.17) is 4.74 Å². The first-order chi connectivity index (χ1) is 11.6. The Morgan fingerprint density at radius 1 is 1.33 bits per heavy atom. The average Bonchev–Trinajstić information content (AvgIpc) is 3.01. The Morgan fingerprint density at radius 3 is 2.79 bits per heavy atom. The fourth-order valence-corrected chi connectivity index (χ4v) is 2.90. The van der Waals surface area contributed by atoms with Crippen molar-refractivity contribution in [2.45, 2.75) is 24.1 Å². The third kappa shape index (κ3) is 3.21. The minimum Gasteiger partial charge on any atom is -0.465 e. The Bertz CT molecular complexity index is 868. The van der Waals surface area contributed by atoms with Crippen LogP contribution in [0.3, 0.4) is 0 Å². The Kier molecular flexibility index (Phi) is 4.70. The molecule has 3 rings (SSSR count). The quantitative estimate of drug-likeness (QED) is 0.398. The van der Waals surface area contributed by atoms with E-state index in [-0.39, 0.29) is 11.8 Å². The van der Waals surface area contributed by atoms with Gasteiger partial charge in [0, 0.05) is 0 Å². The molecule has 3 aromatic rings. The van der Waals surface area contributed by atoms with E-state index < -0.39 is 5.25 Å². The molecule has 0 amide bonds. The molecule has 2 aromatic heterocycles. The molecule has 1 aromatic carbocycles. The van der Waals surface area contributed by atoms with Crippen molar-refractivity contribution in [3.05, 3.63) is 36.4 Å². The molecule has 0 radical (unpaired) electrons. The number of hydrogen-bond acceptors (Lipinski definition) is 7. The SMILES string of the molecule is CCOC(=O)[C@@H](C)Sc1ncnc2c1nnn2-c1ccc(F)cc1. The number of thioether (sulfide) groups is 1. The van der Waals surface area contributed by atoms with Gasteiger partial charge in [-0.05, 0) is 38.1 Å². The summed E-state index contributed by atoms with van der Waals surface area (Å²) in [6.45, 7) is 3.82.